The Bertz CT molecular complexity index is 999. The minimum atomic E-state index is -0.514. The fraction of sp³-hybridized carbons (Fsp3) is 0.680. The van der Waals surface area contributed by atoms with Crippen molar-refractivity contribution in [2.24, 2.45) is 18.4 Å². The number of hydrogen-bond donors (Lipinski definition) is 0. The van der Waals surface area contributed by atoms with Crippen LogP contribution in [-0.2, 0) is 39.1 Å². The molecule has 1 unspecified atom stereocenters. The van der Waals surface area contributed by atoms with Crippen molar-refractivity contribution in [3.63, 3.8) is 0 Å². The summed E-state index contributed by atoms with van der Waals surface area (Å²) >= 11 is 0. The second-order valence-corrected chi connectivity index (χ2v) is 9.78. The minimum absolute atomic E-state index is 0.153. The molecule has 2 aliphatic heterocycles. The van der Waals surface area contributed by atoms with Gasteiger partial charge in [0.05, 0.1) is 41.9 Å². The van der Waals surface area contributed by atoms with Crippen molar-refractivity contribution in [1.82, 2.24) is 20.0 Å². The lowest BCUT2D eigenvalue weighted by Crippen LogP contribution is -2.36. The van der Waals surface area contributed by atoms with E-state index in [9.17, 15) is 4.79 Å². The van der Waals surface area contributed by atoms with Crippen molar-refractivity contribution in [3.05, 3.63) is 23.5 Å². The predicted molar refractivity (Wildman–Crippen MR) is 128 cm³/mol. The van der Waals surface area contributed by atoms with Gasteiger partial charge in [-0.05, 0) is 64.0 Å². The highest BCUT2D eigenvalue weighted by molar-refractivity contribution is 5.76. The van der Waals surface area contributed by atoms with Crippen LogP contribution in [0.2, 0.25) is 0 Å². The molecule has 0 radical (unpaired) electrons. The molecule has 2 atom stereocenters. The first-order valence-corrected chi connectivity index (χ1v) is 12.3. The molecule has 0 aliphatic carbocycles. The Morgan fingerprint density at radius 2 is 2.09 bits per heavy atom. The van der Waals surface area contributed by atoms with Gasteiger partial charge in [0.25, 0.3) is 0 Å². The van der Waals surface area contributed by atoms with E-state index >= 15 is 0 Å². The Morgan fingerprint density at radius 1 is 1.26 bits per heavy atom. The molecular formula is C25H37N5O4. The van der Waals surface area contributed by atoms with Crippen LogP contribution in [0.25, 0.3) is 11.4 Å². The number of aromatic nitrogens is 4. The first-order valence-electron chi connectivity index (χ1n) is 12.3. The zero-order valence-electron chi connectivity index (χ0n) is 21.0. The molecule has 4 rings (SSSR count). The lowest BCUT2D eigenvalue weighted by Gasteiger charge is -2.29. The molecule has 0 bridgehead atoms. The molecule has 4 heterocycles. The molecule has 34 heavy (non-hydrogen) atoms. The van der Waals surface area contributed by atoms with Gasteiger partial charge in [0.15, 0.2) is 6.29 Å². The molecule has 0 spiro atoms. The zero-order chi connectivity index (χ0) is 24.3. The van der Waals surface area contributed by atoms with Crippen LogP contribution in [0.1, 0.15) is 57.8 Å². The Balaban J connectivity index is 1.52. The lowest BCUT2D eigenvalue weighted by atomic mass is 9.78. The van der Waals surface area contributed by atoms with Gasteiger partial charge in [-0.2, -0.15) is 0 Å². The quantitative estimate of drug-likeness (QED) is 0.540. The van der Waals surface area contributed by atoms with Crippen molar-refractivity contribution < 1.29 is 19.0 Å². The largest absolute Gasteiger partial charge is 0.469 e. The maximum absolute atomic E-state index is 12.3. The molecule has 2 aliphatic rings. The van der Waals surface area contributed by atoms with Gasteiger partial charge in [-0.3, -0.25) is 4.79 Å². The molecule has 2 aromatic rings. The van der Waals surface area contributed by atoms with Gasteiger partial charge in [-0.15, -0.1) is 5.10 Å². The highest BCUT2D eigenvalue weighted by atomic mass is 16.7. The Labute approximate surface area is 201 Å². The van der Waals surface area contributed by atoms with Crippen LogP contribution in [0.15, 0.2) is 12.1 Å². The maximum Gasteiger partial charge on any atom is 0.311 e. The number of hydrogen-bond acceptors (Lipinski definition) is 8. The molecule has 2 fully saturated rings. The summed E-state index contributed by atoms with van der Waals surface area (Å²) in [6.45, 7) is 8.90. The highest BCUT2D eigenvalue weighted by Crippen LogP contribution is 2.38. The van der Waals surface area contributed by atoms with E-state index in [2.05, 4.69) is 28.2 Å². The molecule has 0 N–H and O–H groups in total. The summed E-state index contributed by atoms with van der Waals surface area (Å²) in [6, 6.07) is 4.14. The van der Waals surface area contributed by atoms with Crippen molar-refractivity contribution in [2.45, 2.75) is 65.8 Å². The number of carbonyl (C=O) groups excluding carboxylic acids is 1. The smallest absolute Gasteiger partial charge is 0.311 e. The fourth-order valence-electron chi connectivity index (χ4n) is 4.92. The normalized spacial score (nSPS) is 21.1. The minimum Gasteiger partial charge on any atom is -0.469 e. The summed E-state index contributed by atoms with van der Waals surface area (Å²) in [4.78, 5) is 19.6. The third kappa shape index (κ3) is 4.95. The number of pyridine rings is 1. The van der Waals surface area contributed by atoms with Crippen LogP contribution in [0.4, 0.5) is 5.69 Å². The monoisotopic (exact) mass is 471 g/mol. The zero-order valence-corrected chi connectivity index (χ0v) is 21.0. The Kier molecular flexibility index (Phi) is 7.52. The topological polar surface area (TPSA) is 91.6 Å². The number of esters is 1. The third-order valence-corrected chi connectivity index (χ3v) is 7.28. The molecule has 9 nitrogen and oxygen atoms in total. The summed E-state index contributed by atoms with van der Waals surface area (Å²) < 4.78 is 18.5. The Morgan fingerprint density at radius 3 is 2.79 bits per heavy atom. The van der Waals surface area contributed by atoms with Crippen LogP contribution < -0.4 is 4.90 Å². The Hall–Kier alpha value is -2.52. The molecule has 2 aromatic heterocycles. The van der Waals surface area contributed by atoms with Gasteiger partial charge in [0, 0.05) is 26.7 Å². The molecule has 2 saturated heterocycles. The van der Waals surface area contributed by atoms with E-state index in [0.717, 1.165) is 80.3 Å². The lowest BCUT2D eigenvalue weighted by molar-refractivity contribution is -0.169. The van der Waals surface area contributed by atoms with E-state index in [1.54, 1.807) is 4.68 Å². The number of rotatable bonds is 8. The molecule has 0 saturated carbocycles. The average molecular weight is 472 g/mol. The van der Waals surface area contributed by atoms with E-state index < -0.39 is 5.41 Å². The van der Waals surface area contributed by atoms with E-state index in [4.69, 9.17) is 19.2 Å². The van der Waals surface area contributed by atoms with Gasteiger partial charge >= 0.3 is 5.97 Å². The van der Waals surface area contributed by atoms with E-state index in [-0.39, 0.29) is 18.2 Å². The van der Waals surface area contributed by atoms with Crippen molar-refractivity contribution in [2.75, 3.05) is 31.7 Å². The van der Waals surface area contributed by atoms with Gasteiger partial charge < -0.3 is 19.1 Å². The second-order valence-electron chi connectivity index (χ2n) is 9.78. The maximum atomic E-state index is 12.3. The average Bonchev–Trinajstić information content (AvgIpc) is 3.50. The van der Waals surface area contributed by atoms with E-state index in [1.807, 2.05) is 27.0 Å². The number of ether oxygens (including phenoxy) is 3. The molecule has 9 heteroatoms. The molecule has 0 amide bonds. The molecule has 0 aromatic carbocycles. The van der Waals surface area contributed by atoms with Crippen LogP contribution in [0.5, 0.6) is 0 Å². The third-order valence-electron chi connectivity index (χ3n) is 7.28. The summed E-state index contributed by atoms with van der Waals surface area (Å²) in [5.74, 6) is 0.0784. The van der Waals surface area contributed by atoms with E-state index in [1.165, 1.54) is 7.11 Å². The van der Waals surface area contributed by atoms with Crippen molar-refractivity contribution in [3.8, 4) is 11.4 Å². The van der Waals surface area contributed by atoms with Crippen molar-refractivity contribution in [1.29, 1.82) is 0 Å². The second kappa shape index (κ2) is 10.4. The van der Waals surface area contributed by atoms with Gasteiger partial charge in [-0.25, -0.2) is 9.67 Å². The van der Waals surface area contributed by atoms with E-state index in [0.29, 0.717) is 6.61 Å². The number of carbonyl (C=O) groups is 1. The van der Waals surface area contributed by atoms with Crippen LogP contribution in [-0.4, -0.2) is 59.0 Å². The number of aryl methyl sites for hydroxylation is 2. The highest BCUT2D eigenvalue weighted by Gasteiger charge is 2.41. The fourth-order valence-corrected chi connectivity index (χ4v) is 4.92. The number of anilines is 1. The standard InChI is InChI=1S/C25H37N5O4/c1-6-18-20(30-13-12-17(15-30)25(2,3)24(31)32-5)11-10-19(26-18)23-21(29(4)28-27-23)16-34-22-9-7-8-14-33-22/h10-11,17,22H,6-9,12-16H2,1-5H3/t17-,22?/m1/s1. The summed E-state index contributed by atoms with van der Waals surface area (Å²) in [5, 5.41) is 8.62. The summed E-state index contributed by atoms with van der Waals surface area (Å²) in [7, 11) is 3.34. The summed E-state index contributed by atoms with van der Waals surface area (Å²) in [5.41, 5.74) is 4.04. The van der Waals surface area contributed by atoms with Crippen LogP contribution in [0.3, 0.4) is 0 Å². The number of nitrogens with zero attached hydrogens (tertiary/aromatic N) is 5. The molecular weight excluding hydrogens is 434 g/mol. The molecule has 186 valence electrons. The van der Waals surface area contributed by atoms with Gasteiger partial charge in [0.2, 0.25) is 0 Å². The summed E-state index contributed by atoms with van der Waals surface area (Å²) in [6.07, 6.45) is 4.70. The van der Waals surface area contributed by atoms with Gasteiger partial charge in [0.1, 0.15) is 5.69 Å². The first-order chi connectivity index (χ1) is 16.3. The van der Waals surface area contributed by atoms with Gasteiger partial charge in [-0.1, -0.05) is 12.1 Å². The van der Waals surface area contributed by atoms with Crippen LogP contribution >= 0.6 is 0 Å². The number of methoxy groups -OCH3 is 1. The van der Waals surface area contributed by atoms with Crippen LogP contribution in [0, 0.1) is 11.3 Å². The predicted octanol–water partition coefficient (Wildman–Crippen LogP) is 3.51. The SMILES string of the molecule is CCc1nc(-c2nnn(C)c2COC2CCCCO2)ccc1N1CC[C@@H](C(C)(C)C(=O)OC)C1. The van der Waals surface area contributed by atoms with Crippen molar-refractivity contribution >= 4 is 11.7 Å². The first kappa shape index (κ1) is 24.6.